The first-order valence-corrected chi connectivity index (χ1v) is 6.42. The molecule has 94 valence electrons. The predicted octanol–water partition coefficient (Wildman–Crippen LogP) is 4.54. The van der Waals surface area contributed by atoms with Gasteiger partial charge in [0.25, 0.3) is 0 Å². The highest BCUT2D eigenvalue weighted by Gasteiger charge is 2.01. The Bertz CT molecular complexity index is 731. The first-order valence-electron chi connectivity index (χ1n) is 6.42. The second kappa shape index (κ2) is 4.73. The molecule has 1 N–H and O–H groups in total. The number of hydrogen-bond donors (Lipinski definition) is 1. The molecule has 0 unspecified atom stereocenters. The van der Waals surface area contributed by atoms with Crippen LogP contribution >= 0.6 is 0 Å². The summed E-state index contributed by atoms with van der Waals surface area (Å²) in [7, 11) is 0. The first-order chi connectivity index (χ1) is 9.25. The maximum atomic E-state index is 4.66. The highest BCUT2D eigenvalue weighted by molar-refractivity contribution is 5.98. The lowest BCUT2D eigenvalue weighted by atomic mass is 10.1. The van der Waals surface area contributed by atoms with Gasteiger partial charge in [-0.2, -0.15) is 0 Å². The molecule has 1 aromatic heterocycles. The van der Waals surface area contributed by atoms with Crippen molar-refractivity contribution >= 4 is 22.8 Å². The second-order valence-electron chi connectivity index (χ2n) is 4.79. The van der Waals surface area contributed by atoms with Gasteiger partial charge in [-0.05, 0) is 31.0 Å². The summed E-state index contributed by atoms with van der Waals surface area (Å²) in [6, 6.07) is 14.6. The van der Waals surface area contributed by atoms with Crippen LogP contribution in [-0.2, 0) is 0 Å². The zero-order valence-electron chi connectivity index (χ0n) is 11.1. The molecule has 3 aromatic rings. The molecule has 0 spiro atoms. The third-order valence-corrected chi connectivity index (χ3v) is 3.39. The molecule has 2 nitrogen and oxygen atoms in total. The number of hydrogen-bond acceptors (Lipinski definition) is 1. The van der Waals surface area contributed by atoms with Crippen molar-refractivity contribution < 1.29 is 0 Å². The van der Waals surface area contributed by atoms with E-state index in [2.05, 4.69) is 66.3 Å². The van der Waals surface area contributed by atoms with E-state index in [1.54, 1.807) is 0 Å². The predicted molar refractivity (Wildman–Crippen MR) is 81.5 cm³/mol. The van der Waals surface area contributed by atoms with Crippen LogP contribution in [0.4, 0.5) is 5.69 Å². The van der Waals surface area contributed by atoms with Gasteiger partial charge in [0.05, 0.1) is 11.2 Å². The lowest BCUT2D eigenvalue weighted by Gasteiger charge is -2.03. The highest BCUT2D eigenvalue weighted by atomic mass is 14.7. The van der Waals surface area contributed by atoms with Gasteiger partial charge in [-0.15, -0.1) is 0 Å². The number of aromatic nitrogens is 1. The number of aryl methyl sites for hydroxylation is 2. The molecule has 0 atom stereocenters. The van der Waals surface area contributed by atoms with Crippen LogP contribution in [0.1, 0.15) is 16.7 Å². The van der Waals surface area contributed by atoms with E-state index in [-0.39, 0.29) is 0 Å². The van der Waals surface area contributed by atoms with Crippen molar-refractivity contribution in [3.8, 4) is 0 Å². The van der Waals surface area contributed by atoms with Crippen LogP contribution in [0, 0.1) is 13.8 Å². The number of para-hydroxylation sites is 2. The van der Waals surface area contributed by atoms with Gasteiger partial charge < -0.3 is 4.98 Å². The molecular formula is C17H16N2. The van der Waals surface area contributed by atoms with E-state index in [1.165, 1.54) is 16.5 Å². The maximum Gasteiger partial charge on any atom is 0.0688 e. The van der Waals surface area contributed by atoms with Crippen LogP contribution in [0.15, 0.2) is 53.7 Å². The Balaban J connectivity index is 2.05. The fraction of sp³-hybridized carbons (Fsp3) is 0.118. The summed E-state index contributed by atoms with van der Waals surface area (Å²) in [5.41, 5.74) is 5.72. The van der Waals surface area contributed by atoms with Crippen LogP contribution in [0.25, 0.3) is 10.9 Å². The molecule has 2 heteroatoms. The van der Waals surface area contributed by atoms with Crippen molar-refractivity contribution in [1.29, 1.82) is 0 Å². The van der Waals surface area contributed by atoms with E-state index >= 15 is 0 Å². The normalized spacial score (nSPS) is 11.5. The molecule has 0 fully saturated rings. The number of rotatable bonds is 2. The fourth-order valence-electron chi connectivity index (χ4n) is 2.36. The summed E-state index contributed by atoms with van der Waals surface area (Å²) >= 11 is 0. The van der Waals surface area contributed by atoms with Crippen LogP contribution < -0.4 is 0 Å². The summed E-state index contributed by atoms with van der Waals surface area (Å²) in [5.74, 6) is 0. The summed E-state index contributed by atoms with van der Waals surface area (Å²) in [4.78, 5) is 7.92. The van der Waals surface area contributed by atoms with Gasteiger partial charge in [0, 0.05) is 23.4 Å². The molecule has 0 amide bonds. The SMILES string of the molecule is Cc1cccc(C)c1N=Cc1cccc2cc[nH]c12. The Labute approximate surface area is 112 Å². The van der Waals surface area contributed by atoms with Gasteiger partial charge in [-0.25, -0.2) is 0 Å². The molecule has 3 rings (SSSR count). The van der Waals surface area contributed by atoms with Crippen LogP contribution in [0.3, 0.4) is 0 Å². The van der Waals surface area contributed by atoms with Gasteiger partial charge in [0.2, 0.25) is 0 Å². The van der Waals surface area contributed by atoms with Crippen LogP contribution in [-0.4, -0.2) is 11.2 Å². The second-order valence-corrected chi connectivity index (χ2v) is 4.79. The van der Waals surface area contributed by atoms with E-state index in [4.69, 9.17) is 0 Å². The summed E-state index contributed by atoms with van der Waals surface area (Å²) in [5, 5.41) is 1.21. The molecule has 2 aromatic carbocycles. The molecule has 1 heterocycles. The minimum Gasteiger partial charge on any atom is -0.361 e. The topological polar surface area (TPSA) is 28.1 Å². The van der Waals surface area contributed by atoms with Gasteiger partial charge in [0.15, 0.2) is 0 Å². The Morgan fingerprint density at radius 1 is 0.947 bits per heavy atom. The van der Waals surface area contributed by atoms with Crippen molar-refractivity contribution in [1.82, 2.24) is 4.98 Å². The molecule has 0 radical (unpaired) electrons. The standard InChI is InChI=1S/C17H16N2/c1-12-5-3-6-13(2)16(12)19-11-15-8-4-7-14-9-10-18-17(14)15/h3-11,18H,1-2H3. The van der Waals surface area contributed by atoms with Gasteiger partial charge >= 0.3 is 0 Å². The molecule has 19 heavy (non-hydrogen) atoms. The van der Waals surface area contributed by atoms with E-state index in [1.807, 2.05) is 12.4 Å². The van der Waals surface area contributed by atoms with Crippen molar-refractivity contribution in [2.75, 3.05) is 0 Å². The van der Waals surface area contributed by atoms with Crippen molar-refractivity contribution in [3.05, 3.63) is 65.4 Å². The average Bonchev–Trinajstić information content (AvgIpc) is 2.87. The number of nitrogens with one attached hydrogen (secondary N) is 1. The van der Waals surface area contributed by atoms with Crippen molar-refractivity contribution in [3.63, 3.8) is 0 Å². The summed E-state index contributed by atoms with van der Waals surface area (Å²) < 4.78 is 0. The Kier molecular flexibility index (Phi) is 2.92. The smallest absolute Gasteiger partial charge is 0.0688 e. The molecule has 0 bridgehead atoms. The third kappa shape index (κ3) is 2.17. The molecular weight excluding hydrogens is 232 g/mol. The number of nitrogens with zero attached hydrogens (tertiary/aromatic N) is 1. The van der Waals surface area contributed by atoms with Gasteiger partial charge in [-0.1, -0.05) is 36.4 Å². The lowest BCUT2D eigenvalue weighted by Crippen LogP contribution is -1.85. The minimum absolute atomic E-state index is 1.06. The van der Waals surface area contributed by atoms with E-state index in [0.29, 0.717) is 0 Å². The van der Waals surface area contributed by atoms with Crippen molar-refractivity contribution in [2.24, 2.45) is 4.99 Å². The number of fused-ring (bicyclic) bond motifs is 1. The number of aromatic amines is 1. The molecule has 0 saturated carbocycles. The number of aliphatic imine (C=N–C) groups is 1. The Hall–Kier alpha value is -2.35. The van der Waals surface area contributed by atoms with Crippen LogP contribution in [0.5, 0.6) is 0 Å². The zero-order chi connectivity index (χ0) is 13.2. The molecule has 0 aliphatic carbocycles. The number of benzene rings is 2. The van der Waals surface area contributed by atoms with E-state index in [0.717, 1.165) is 16.8 Å². The average molecular weight is 248 g/mol. The summed E-state index contributed by atoms with van der Waals surface area (Å²) in [6.45, 7) is 4.18. The van der Waals surface area contributed by atoms with Gasteiger partial charge in [0.1, 0.15) is 0 Å². The largest absolute Gasteiger partial charge is 0.361 e. The molecule has 0 saturated heterocycles. The number of H-pyrrole nitrogens is 1. The Morgan fingerprint density at radius 3 is 2.47 bits per heavy atom. The monoisotopic (exact) mass is 248 g/mol. The maximum absolute atomic E-state index is 4.66. The van der Waals surface area contributed by atoms with Gasteiger partial charge in [-0.3, -0.25) is 4.99 Å². The van der Waals surface area contributed by atoms with Crippen molar-refractivity contribution in [2.45, 2.75) is 13.8 Å². The Morgan fingerprint density at radius 2 is 1.68 bits per heavy atom. The molecule has 0 aliphatic heterocycles. The fourth-order valence-corrected chi connectivity index (χ4v) is 2.36. The third-order valence-electron chi connectivity index (χ3n) is 3.39. The lowest BCUT2D eigenvalue weighted by molar-refractivity contribution is 1.33. The highest BCUT2D eigenvalue weighted by Crippen LogP contribution is 2.23. The van der Waals surface area contributed by atoms with Crippen LogP contribution in [0.2, 0.25) is 0 Å². The minimum atomic E-state index is 1.06. The first kappa shape index (κ1) is 11.7. The molecule has 0 aliphatic rings. The van der Waals surface area contributed by atoms with E-state index in [9.17, 15) is 0 Å². The summed E-state index contributed by atoms with van der Waals surface area (Å²) in [6.07, 6.45) is 3.90. The zero-order valence-corrected chi connectivity index (χ0v) is 11.1. The quantitative estimate of drug-likeness (QED) is 0.645. The van der Waals surface area contributed by atoms with E-state index < -0.39 is 0 Å².